The topological polar surface area (TPSA) is 104 Å². The van der Waals surface area contributed by atoms with E-state index in [1.807, 2.05) is 0 Å². The minimum Gasteiger partial charge on any atom is -0.491 e. The second-order valence-corrected chi connectivity index (χ2v) is 5.67. The quantitative estimate of drug-likeness (QED) is 0.680. The van der Waals surface area contributed by atoms with Crippen molar-refractivity contribution in [2.45, 2.75) is 11.4 Å². The smallest absolute Gasteiger partial charge is 0.240 e. The summed E-state index contributed by atoms with van der Waals surface area (Å²) in [6.07, 6.45) is 3.17. The van der Waals surface area contributed by atoms with E-state index >= 15 is 0 Å². The number of aromatic amines is 1. The largest absolute Gasteiger partial charge is 0.491 e. The van der Waals surface area contributed by atoms with E-state index in [0.717, 1.165) is 0 Å². The van der Waals surface area contributed by atoms with Gasteiger partial charge in [0.1, 0.15) is 18.2 Å². The molecule has 0 saturated carbocycles. The molecule has 1 heterocycles. The lowest BCUT2D eigenvalue weighted by Crippen LogP contribution is -2.23. The predicted octanol–water partition coefficient (Wildman–Crippen LogP) is 0.259. The maximum absolute atomic E-state index is 12.0. The third-order valence-corrected chi connectivity index (χ3v) is 3.90. The Morgan fingerprint density at radius 3 is 2.65 bits per heavy atom. The molecule has 0 bridgehead atoms. The van der Waals surface area contributed by atoms with Crippen molar-refractivity contribution < 1.29 is 18.3 Å². The van der Waals surface area contributed by atoms with Crippen LogP contribution in [-0.2, 0) is 16.6 Å². The first-order chi connectivity index (χ1) is 9.62. The van der Waals surface area contributed by atoms with Crippen LogP contribution in [0.3, 0.4) is 0 Å². The van der Waals surface area contributed by atoms with E-state index in [9.17, 15) is 8.42 Å². The van der Waals surface area contributed by atoms with Gasteiger partial charge >= 0.3 is 0 Å². The summed E-state index contributed by atoms with van der Waals surface area (Å²) in [4.78, 5) is 6.89. The zero-order valence-electron chi connectivity index (χ0n) is 10.6. The molecule has 0 radical (unpaired) electrons. The number of aliphatic hydroxyl groups excluding tert-OH is 1. The molecule has 0 fully saturated rings. The Hall–Kier alpha value is -1.90. The lowest BCUT2D eigenvalue weighted by molar-refractivity contribution is 0.201. The molecule has 8 heteroatoms. The number of sulfonamides is 1. The Bertz CT molecular complexity index is 623. The van der Waals surface area contributed by atoms with E-state index in [-0.39, 0.29) is 24.7 Å². The number of aromatic nitrogens is 2. The molecule has 0 aliphatic heterocycles. The summed E-state index contributed by atoms with van der Waals surface area (Å²) >= 11 is 0. The van der Waals surface area contributed by atoms with Crippen molar-refractivity contribution in [3.63, 3.8) is 0 Å². The highest BCUT2D eigenvalue weighted by Gasteiger charge is 2.14. The molecular formula is C12H15N3O4S. The van der Waals surface area contributed by atoms with Crippen LogP contribution in [0, 0.1) is 0 Å². The summed E-state index contributed by atoms with van der Waals surface area (Å²) in [6, 6.07) is 5.96. The molecule has 1 aromatic carbocycles. The zero-order valence-corrected chi connectivity index (χ0v) is 11.4. The van der Waals surface area contributed by atoms with Crippen molar-refractivity contribution in [2.24, 2.45) is 0 Å². The van der Waals surface area contributed by atoms with Crippen molar-refractivity contribution in [1.82, 2.24) is 14.7 Å². The molecular weight excluding hydrogens is 282 g/mol. The average molecular weight is 297 g/mol. The summed E-state index contributed by atoms with van der Waals surface area (Å²) in [6.45, 7) is 0.172. The molecule has 108 valence electrons. The number of hydrogen-bond donors (Lipinski definition) is 3. The zero-order chi connectivity index (χ0) is 14.4. The van der Waals surface area contributed by atoms with Gasteiger partial charge in [0.05, 0.1) is 18.0 Å². The van der Waals surface area contributed by atoms with Gasteiger partial charge in [0.15, 0.2) is 0 Å². The minimum absolute atomic E-state index is 0.0925. The fraction of sp³-hybridized carbons (Fsp3) is 0.250. The molecule has 0 atom stereocenters. The second kappa shape index (κ2) is 6.51. The van der Waals surface area contributed by atoms with Crippen molar-refractivity contribution in [3.8, 4) is 5.75 Å². The summed E-state index contributed by atoms with van der Waals surface area (Å²) in [5, 5.41) is 8.63. The highest BCUT2D eigenvalue weighted by Crippen LogP contribution is 2.15. The number of H-pyrrole nitrogens is 1. The van der Waals surface area contributed by atoms with Crippen molar-refractivity contribution in [2.75, 3.05) is 13.2 Å². The molecule has 7 nitrogen and oxygen atoms in total. The van der Waals surface area contributed by atoms with Crippen LogP contribution < -0.4 is 9.46 Å². The number of nitrogens with zero attached hydrogens (tertiary/aromatic N) is 1. The number of aliphatic hydroxyl groups is 1. The molecule has 0 spiro atoms. The fourth-order valence-corrected chi connectivity index (χ4v) is 2.51. The summed E-state index contributed by atoms with van der Waals surface area (Å²) in [5.74, 6) is 1.04. The number of ether oxygens (including phenoxy) is 1. The van der Waals surface area contributed by atoms with E-state index in [4.69, 9.17) is 9.84 Å². The van der Waals surface area contributed by atoms with Gasteiger partial charge in [-0.3, -0.25) is 0 Å². The highest BCUT2D eigenvalue weighted by atomic mass is 32.2. The Balaban J connectivity index is 2.01. The number of hydrogen-bond acceptors (Lipinski definition) is 5. The van der Waals surface area contributed by atoms with Crippen LogP contribution in [0.4, 0.5) is 0 Å². The molecule has 20 heavy (non-hydrogen) atoms. The standard InChI is InChI=1S/C12H15N3O4S/c16-7-8-19-10-1-3-11(4-2-10)20(17,18)15-9-12-13-5-6-14-12/h1-6,15-16H,7-9H2,(H,13,14). The summed E-state index contributed by atoms with van der Waals surface area (Å²) < 4.78 is 31.6. The number of nitrogens with one attached hydrogen (secondary N) is 2. The summed E-state index contributed by atoms with van der Waals surface area (Å²) in [7, 11) is -3.59. The van der Waals surface area contributed by atoms with Gasteiger partial charge in [0.25, 0.3) is 0 Å². The van der Waals surface area contributed by atoms with Gasteiger partial charge in [-0.05, 0) is 24.3 Å². The molecule has 2 rings (SSSR count). The van der Waals surface area contributed by atoms with Crippen molar-refractivity contribution in [3.05, 3.63) is 42.5 Å². The van der Waals surface area contributed by atoms with Gasteiger partial charge < -0.3 is 14.8 Å². The first-order valence-corrected chi connectivity index (χ1v) is 7.42. The van der Waals surface area contributed by atoms with Gasteiger partial charge in [0, 0.05) is 12.4 Å². The van der Waals surface area contributed by atoms with Gasteiger partial charge in [-0.1, -0.05) is 0 Å². The van der Waals surface area contributed by atoms with Gasteiger partial charge in [0.2, 0.25) is 10.0 Å². The maximum Gasteiger partial charge on any atom is 0.240 e. The van der Waals surface area contributed by atoms with E-state index in [1.54, 1.807) is 12.4 Å². The van der Waals surface area contributed by atoms with Crippen molar-refractivity contribution in [1.29, 1.82) is 0 Å². The minimum atomic E-state index is -3.59. The molecule has 1 aromatic heterocycles. The molecule has 0 unspecified atom stereocenters. The predicted molar refractivity (Wildman–Crippen MR) is 71.6 cm³/mol. The van der Waals surface area contributed by atoms with Gasteiger partial charge in [-0.15, -0.1) is 0 Å². The third kappa shape index (κ3) is 3.80. The molecule has 0 saturated heterocycles. The average Bonchev–Trinajstić information content (AvgIpc) is 2.97. The van der Waals surface area contributed by atoms with Gasteiger partial charge in [-0.2, -0.15) is 0 Å². The highest BCUT2D eigenvalue weighted by molar-refractivity contribution is 7.89. The fourth-order valence-electron chi connectivity index (χ4n) is 1.52. The lowest BCUT2D eigenvalue weighted by Gasteiger charge is -2.07. The van der Waals surface area contributed by atoms with Gasteiger partial charge in [-0.25, -0.2) is 18.1 Å². The molecule has 2 aromatic rings. The Morgan fingerprint density at radius 1 is 1.30 bits per heavy atom. The van der Waals surface area contributed by atoms with Crippen LogP contribution in [0.5, 0.6) is 5.75 Å². The molecule has 0 amide bonds. The molecule has 0 aliphatic rings. The third-order valence-electron chi connectivity index (χ3n) is 2.48. The second-order valence-electron chi connectivity index (χ2n) is 3.90. The Labute approximate surface area is 116 Å². The monoisotopic (exact) mass is 297 g/mol. The van der Waals surface area contributed by atoms with E-state index < -0.39 is 10.0 Å². The van der Waals surface area contributed by atoms with Crippen LogP contribution in [0.2, 0.25) is 0 Å². The molecule has 3 N–H and O–H groups in total. The SMILES string of the molecule is O=S(=O)(NCc1ncc[nH]1)c1ccc(OCCO)cc1. The van der Waals surface area contributed by atoms with Crippen molar-refractivity contribution >= 4 is 10.0 Å². The first-order valence-electron chi connectivity index (χ1n) is 5.93. The van der Waals surface area contributed by atoms with Crippen LogP contribution >= 0.6 is 0 Å². The van der Waals surface area contributed by atoms with E-state index in [2.05, 4.69) is 14.7 Å². The van der Waals surface area contributed by atoms with Crippen LogP contribution in [0.25, 0.3) is 0 Å². The van der Waals surface area contributed by atoms with Crippen LogP contribution in [-0.4, -0.2) is 36.7 Å². The molecule has 0 aliphatic carbocycles. The summed E-state index contributed by atoms with van der Waals surface area (Å²) in [5.41, 5.74) is 0. The number of rotatable bonds is 7. The Kier molecular flexibility index (Phi) is 4.72. The van der Waals surface area contributed by atoms with Crippen LogP contribution in [0.15, 0.2) is 41.6 Å². The normalized spacial score (nSPS) is 11.4. The van der Waals surface area contributed by atoms with E-state index in [1.165, 1.54) is 24.3 Å². The van der Waals surface area contributed by atoms with Crippen LogP contribution in [0.1, 0.15) is 5.82 Å². The first kappa shape index (κ1) is 14.5. The Morgan fingerprint density at radius 2 is 2.05 bits per heavy atom. The van der Waals surface area contributed by atoms with E-state index in [0.29, 0.717) is 11.6 Å². The lowest BCUT2D eigenvalue weighted by atomic mass is 10.3. The number of imidazole rings is 1. The number of benzene rings is 1. The maximum atomic E-state index is 12.0.